The van der Waals surface area contributed by atoms with Gasteiger partial charge in [-0.15, -0.1) is 11.3 Å². The van der Waals surface area contributed by atoms with E-state index < -0.39 is 10.0 Å². The quantitative estimate of drug-likeness (QED) is 0.792. The molecule has 3 N–H and O–H groups in total. The molecule has 86 valence electrons. The van der Waals surface area contributed by atoms with E-state index in [0.29, 0.717) is 17.6 Å². The maximum absolute atomic E-state index is 10.8. The molecule has 1 heterocycles. The Bertz CT molecular complexity index is 411. The van der Waals surface area contributed by atoms with Gasteiger partial charge in [0.05, 0.1) is 0 Å². The lowest BCUT2D eigenvalue weighted by Crippen LogP contribution is -2.21. The third-order valence-corrected chi connectivity index (χ3v) is 3.47. The van der Waals surface area contributed by atoms with Crippen LogP contribution in [-0.4, -0.2) is 19.4 Å². The molecule has 0 saturated carbocycles. The zero-order chi connectivity index (χ0) is 11.5. The molecule has 15 heavy (non-hydrogen) atoms. The number of primary sulfonamides is 1. The van der Waals surface area contributed by atoms with Gasteiger partial charge in [0.15, 0.2) is 0 Å². The average Bonchev–Trinajstić information content (AvgIpc) is 2.45. The molecule has 0 radical (unpaired) electrons. The molecule has 1 rings (SSSR count). The van der Waals surface area contributed by atoms with E-state index in [1.54, 1.807) is 6.20 Å². The molecule has 0 aromatic carbocycles. The summed E-state index contributed by atoms with van der Waals surface area (Å²) in [6.07, 6.45) is 1.68. The van der Waals surface area contributed by atoms with Crippen LogP contribution in [-0.2, 0) is 22.3 Å². The summed E-state index contributed by atoms with van der Waals surface area (Å²) in [5, 5.41) is 8.69. The van der Waals surface area contributed by atoms with Gasteiger partial charge in [0, 0.05) is 23.7 Å². The van der Waals surface area contributed by atoms with Gasteiger partial charge >= 0.3 is 0 Å². The van der Waals surface area contributed by atoms with E-state index in [0.717, 1.165) is 4.88 Å². The average molecular weight is 249 g/mol. The Hall–Kier alpha value is -0.500. The lowest BCUT2D eigenvalue weighted by Gasteiger charge is -2.04. The summed E-state index contributed by atoms with van der Waals surface area (Å²) in [6.45, 7) is 4.80. The van der Waals surface area contributed by atoms with Crippen molar-refractivity contribution in [3.8, 4) is 0 Å². The van der Waals surface area contributed by atoms with Gasteiger partial charge in [0.2, 0.25) is 10.0 Å². The van der Waals surface area contributed by atoms with Crippen molar-refractivity contribution in [3.05, 3.63) is 16.1 Å². The predicted octanol–water partition coefficient (Wildman–Crippen LogP) is 0.430. The third-order valence-electron chi connectivity index (χ3n) is 1.61. The molecular formula is C8H15N3O2S2. The Balaban J connectivity index is 2.57. The number of nitrogens with zero attached hydrogens (tertiary/aromatic N) is 1. The highest BCUT2D eigenvalue weighted by Gasteiger charge is 2.09. The van der Waals surface area contributed by atoms with Crippen molar-refractivity contribution < 1.29 is 8.42 Å². The summed E-state index contributed by atoms with van der Waals surface area (Å²) in [5.74, 6) is -0.181. The summed E-state index contributed by atoms with van der Waals surface area (Å²) in [5.41, 5.74) is 0. The Morgan fingerprint density at radius 2 is 2.27 bits per heavy atom. The number of thiazole rings is 1. The summed E-state index contributed by atoms with van der Waals surface area (Å²) < 4.78 is 21.6. The normalized spacial score (nSPS) is 12.3. The van der Waals surface area contributed by atoms with Crippen LogP contribution in [0.2, 0.25) is 0 Å². The standard InChI is InChI=1S/C8H15N3O2S2/c1-6(2)10-3-7-4-11-8(14-7)5-15(9,12)13/h4,6,10H,3,5H2,1-2H3,(H2,9,12,13). The van der Waals surface area contributed by atoms with Crippen molar-refractivity contribution in [3.63, 3.8) is 0 Å². The van der Waals surface area contributed by atoms with Crippen molar-refractivity contribution in [1.82, 2.24) is 10.3 Å². The van der Waals surface area contributed by atoms with Crippen LogP contribution in [0, 0.1) is 0 Å². The topological polar surface area (TPSA) is 85.1 Å². The second-order valence-electron chi connectivity index (χ2n) is 3.56. The number of nitrogens with one attached hydrogen (secondary N) is 1. The van der Waals surface area contributed by atoms with Crippen LogP contribution in [0.1, 0.15) is 23.7 Å². The van der Waals surface area contributed by atoms with Crippen molar-refractivity contribution in [2.75, 3.05) is 0 Å². The summed E-state index contributed by atoms with van der Waals surface area (Å²) in [7, 11) is -3.47. The monoisotopic (exact) mass is 249 g/mol. The molecule has 0 fully saturated rings. The molecule has 1 aromatic heterocycles. The van der Waals surface area contributed by atoms with Crippen LogP contribution >= 0.6 is 11.3 Å². The van der Waals surface area contributed by atoms with Crippen molar-refractivity contribution in [2.24, 2.45) is 5.14 Å². The highest BCUT2D eigenvalue weighted by atomic mass is 32.2. The Morgan fingerprint density at radius 1 is 1.60 bits per heavy atom. The van der Waals surface area contributed by atoms with Gasteiger partial charge in [-0.3, -0.25) is 0 Å². The largest absolute Gasteiger partial charge is 0.310 e. The van der Waals surface area contributed by atoms with Gasteiger partial charge in [-0.05, 0) is 0 Å². The molecule has 0 unspecified atom stereocenters. The first kappa shape index (κ1) is 12.6. The first-order chi connectivity index (χ1) is 6.87. The fraction of sp³-hybridized carbons (Fsp3) is 0.625. The number of rotatable bonds is 5. The lowest BCUT2D eigenvalue weighted by atomic mass is 10.4. The predicted molar refractivity (Wildman–Crippen MR) is 60.9 cm³/mol. The maximum atomic E-state index is 10.8. The van der Waals surface area contributed by atoms with Gasteiger partial charge in [-0.25, -0.2) is 18.5 Å². The van der Waals surface area contributed by atoms with Crippen molar-refractivity contribution in [1.29, 1.82) is 0 Å². The minimum absolute atomic E-state index is 0.181. The molecule has 0 aliphatic rings. The Morgan fingerprint density at radius 3 is 2.80 bits per heavy atom. The van der Waals surface area contributed by atoms with Gasteiger partial charge in [-0.2, -0.15) is 0 Å². The second kappa shape index (κ2) is 5.02. The first-order valence-corrected chi connectivity index (χ1v) is 7.07. The van der Waals surface area contributed by atoms with E-state index in [4.69, 9.17) is 5.14 Å². The smallest absolute Gasteiger partial charge is 0.215 e. The van der Waals surface area contributed by atoms with Crippen LogP contribution in [0.4, 0.5) is 0 Å². The molecule has 0 aliphatic heterocycles. The van der Waals surface area contributed by atoms with Gasteiger partial charge in [-0.1, -0.05) is 13.8 Å². The maximum Gasteiger partial charge on any atom is 0.215 e. The van der Waals surface area contributed by atoms with Gasteiger partial charge in [0.1, 0.15) is 10.8 Å². The first-order valence-electron chi connectivity index (χ1n) is 4.54. The van der Waals surface area contributed by atoms with Crippen molar-refractivity contribution in [2.45, 2.75) is 32.2 Å². The molecule has 7 heteroatoms. The molecule has 0 bridgehead atoms. The number of hydrogen-bond acceptors (Lipinski definition) is 5. The summed E-state index contributed by atoms with van der Waals surface area (Å²) >= 11 is 1.37. The number of sulfonamides is 1. The number of hydrogen-bond donors (Lipinski definition) is 2. The van der Waals surface area contributed by atoms with Crippen LogP contribution in [0.5, 0.6) is 0 Å². The summed E-state index contributed by atoms with van der Waals surface area (Å²) in [6, 6.07) is 0.397. The zero-order valence-corrected chi connectivity index (χ0v) is 10.4. The third kappa shape index (κ3) is 5.22. The highest BCUT2D eigenvalue weighted by molar-refractivity contribution is 7.88. The second-order valence-corrected chi connectivity index (χ2v) is 6.38. The zero-order valence-electron chi connectivity index (χ0n) is 8.73. The highest BCUT2D eigenvalue weighted by Crippen LogP contribution is 2.14. The number of nitrogens with two attached hydrogens (primary N) is 1. The molecule has 0 atom stereocenters. The lowest BCUT2D eigenvalue weighted by molar-refractivity contribution is 0.593. The molecule has 0 aliphatic carbocycles. The minimum Gasteiger partial charge on any atom is -0.310 e. The molecule has 0 amide bonds. The molecule has 1 aromatic rings. The van der Waals surface area contributed by atoms with E-state index in [-0.39, 0.29) is 5.75 Å². The van der Waals surface area contributed by atoms with Crippen LogP contribution < -0.4 is 10.5 Å². The molecule has 5 nitrogen and oxygen atoms in total. The SMILES string of the molecule is CC(C)NCc1cnc(CS(N)(=O)=O)s1. The van der Waals surface area contributed by atoms with Crippen LogP contribution in [0.25, 0.3) is 0 Å². The minimum atomic E-state index is -3.47. The molecule has 0 saturated heterocycles. The van der Waals surface area contributed by atoms with Gasteiger partial charge in [0.25, 0.3) is 0 Å². The van der Waals surface area contributed by atoms with Crippen LogP contribution in [0.3, 0.4) is 0 Å². The van der Waals surface area contributed by atoms with Gasteiger partial charge < -0.3 is 5.32 Å². The van der Waals surface area contributed by atoms with Crippen LogP contribution in [0.15, 0.2) is 6.20 Å². The molecule has 0 spiro atoms. The number of aromatic nitrogens is 1. The van der Waals surface area contributed by atoms with E-state index in [1.807, 2.05) is 13.8 Å². The van der Waals surface area contributed by atoms with E-state index >= 15 is 0 Å². The Labute approximate surface area is 93.8 Å². The molecular weight excluding hydrogens is 234 g/mol. The Kier molecular flexibility index (Phi) is 4.21. The van der Waals surface area contributed by atoms with Crippen molar-refractivity contribution >= 4 is 21.4 Å². The van der Waals surface area contributed by atoms with E-state index in [2.05, 4.69) is 10.3 Å². The fourth-order valence-corrected chi connectivity index (χ4v) is 2.79. The van der Waals surface area contributed by atoms with E-state index in [9.17, 15) is 8.42 Å². The summed E-state index contributed by atoms with van der Waals surface area (Å²) in [4.78, 5) is 5.01. The van der Waals surface area contributed by atoms with E-state index in [1.165, 1.54) is 11.3 Å². The fourth-order valence-electron chi connectivity index (χ4n) is 0.973.